The van der Waals surface area contributed by atoms with Crippen LogP contribution in [0.15, 0.2) is 29.1 Å². The first kappa shape index (κ1) is 15.6. The van der Waals surface area contributed by atoms with E-state index in [2.05, 4.69) is 10.2 Å². The van der Waals surface area contributed by atoms with E-state index < -0.39 is 0 Å². The van der Waals surface area contributed by atoms with E-state index in [0.717, 1.165) is 12.2 Å². The molecule has 0 radical (unpaired) electrons. The summed E-state index contributed by atoms with van der Waals surface area (Å²) in [7, 11) is 1.77. The van der Waals surface area contributed by atoms with Gasteiger partial charge in [0.2, 0.25) is 0 Å². The minimum Gasteiger partial charge on any atom is -0.338 e. The van der Waals surface area contributed by atoms with Gasteiger partial charge in [0.1, 0.15) is 0 Å². The van der Waals surface area contributed by atoms with Crippen LogP contribution in [0.5, 0.6) is 0 Å². The average molecular weight is 305 g/mol. The van der Waals surface area contributed by atoms with Crippen LogP contribution in [-0.4, -0.2) is 46.1 Å². The van der Waals surface area contributed by atoms with E-state index in [-0.39, 0.29) is 17.5 Å². The second kappa shape index (κ2) is 6.76. The van der Waals surface area contributed by atoms with Crippen molar-refractivity contribution in [2.24, 2.45) is 0 Å². The normalized spacial score (nSPS) is 12.3. The molecule has 0 aliphatic heterocycles. The number of carbonyl (C=O) groups excluding carboxylic acids is 1. The summed E-state index contributed by atoms with van der Waals surface area (Å²) in [5.41, 5.74) is 0.0175. The second-order valence-corrected chi connectivity index (χ2v) is 5.98. The first-order valence-electron chi connectivity index (χ1n) is 6.79. The number of fused-ring (bicyclic) bond motifs is 1. The monoisotopic (exact) mass is 305 g/mol. The maximum Gasteiger partial charge on any atom is 0.274 e. The third-order valence-electron chi connectivity index (χ3n) is 3.62. The van der Waals surface area contributed by atoms with E-state index in [0.29, 0.717) is 16.5 Å². The highest BCUT2D eigenvalue weighted by molar-refractivity contribution is 7.98. The van der Waals surface area contributed by atoms with E-state index in [9.17, 15) is 9.59 Å². The van der Waals surface area contributed by atoms with Crippen molar-refractivity contribution in [2.45, 2.75) is 19.4 Å². The van der Waals surface area contributed by atoms with Crippen LogP contribution in [0.1, 0.15) is 23.8 Å². The standard InChI is InChI=1S/C15H19N3O2S/c1-10(8-9-21-3)18(2)15(20)13-11-6-4-5-7-12(11)14(19)17-16-13/h4-7,10H,8-9H2,1-3H3,(H,17,19). The molecular weight excluding hydrogens is 286 g/mol. The summed E-state index contributed by atoms with van der Waals surface area (Å²) >= 11 is 1.76. The van der Waals surface area contributed by atoms with Gasteiger partial charge < -0.3 is 4.90 Å². The molecule has 0 spiro atoms. The highest BCUT2D eigenvalue weighted by Gasteiger charge is 2.21. The second-order valence-electron chi connectivity index (χ2n) is 4.99. The Kier molecular flexibility index (Phi) is 5.01. The molecule has 21 heavy (non-hydrogen) atoms. The van der Waals surface area contributed by atoms with Crippen LogP contribution in [0.25, 0.3) is 10.8 Å². The van der Waals surface area contributed by atoms with Crippen LogP contribution >= 0.6 is 11.8 Å². The number of hydrogen-bond donors (Lipinski definition) is 1. The van der Waals surface area contributed by atoms with Crippen molar-refractivity contribution in [3.05, 3.63) is 40.3 Å². The number of amides is 1. The molecule has 6 heteroatoms. The van der Waals surface area contributed by atoms with E-state index in [1.54, 1.807) is 48.0 Å². The molecule has 0 aliphatic rings. The number of thioether (sulfide) groups is 1. The number of rotatable bonds is 5. The van der Waals surface area contributed by atoms with Crippen molar-refractivity contribution >= 4 is 28.4 Å². The van der Waals surface area contributed by atoms with Gasteiger partial charge in [0.15, 0.2) is 5.69 Å². The van der Waals surface area contributed by atoms with Gasteiger partial charge in [-0.25, -0.2) is 5.10 Å². The SMILES string of the molecule is CSCCC(C)N(C)C(=O)c1n[nH]c(=O)c2ccccc12. The molecule has 0 fully saturated rings. The number of nitrogens with zero attached hydrogens (tertiary/aromatic N) is 2. The topological polar surface area (TPSA) is 66.1 Å². The van der Waals surface area contributed by atoms with Gasteiger partial charge in [0, 0.05) is 18.5 Å². The molecular formula is C15H19N3O2S. The molecule has 1 amide bonds. The van der Waals surface area contributed by atoms with Crippen LogP contribution in [-0.2, 0) is 0 Å². The summed E-state index contributed by atoms with van der Waals surface area (Å²) in [5.74, 6) is 0.828. The molecule has 0 saturated heterocycles. The van der Waals surface area contributed by atoms with Gasteiger partial charge >= 0.3 is 0 Å². The van der Waals surface area contributed by atoms with Gasteiger partial charge in [-0.1, -0.05) is 18.2 Å². The van der Waals surface area contributed by atoms with Gasteiger partial charge in [0.25, 0.3) is 11.5 Å². The molecule has 0 saturated carbocycles. The summed E-state index contributed by atoms with van der Waals surface area (Å²) in [6.07, 6.45) is 2.97. The highest BCUT2D eigenvalue weighted by Crippen LogP contribution is 2.16. The number of carbonyl (C=O) groups is 1. The van der Waals surface area contributed by atoms with Crippen molar-refractivity contribution in [3.8, 4) is 0 Å². The molecule has 1 heterocycles. The largest absolute Gasteiger partial charge is 0.338 e. The maximum absolute atomic E-state index is 12.6. The Hall–Kier alpha value is -1.82. The summed E-state index contributed by atoms with van der Waals surface area (Å²) < 4.78 is 0. The molecule has 2 rings (SSSR count). The van der Waals surface area contributed by atoms with Crippen LogP contribution in [0.2, 0.25) is 0 Å². The Balaban J connectivity index is 2.36. The predicted octanol–water partition coefficient (Wildman–Crippen LogP) is 2.14. The number of nitrogens with one attached hydrogen (secondary N) is 1. The maximum atomic E-state index is 12.6. The Labute approximate surface area is 127 Å². The Morgan fingerprint density at radius 1 is 1.38 bits per heavy atom. The van der Waals surface area contributed by atoms with E-state index >= 15 is 0 Å². The number of H-pyrrole nitrogens is 1. The zero-order chi connectivity index (χ0) is 15.4. The van der Waals surface area contributed by atoms with Gasteiger partial charge in [-0.2, -0.15) is 16.9 Å². The zero-order valence-electron chi connectivity index (χ0n) is 12.4. The zero-order valence-corrected chi connectivity index (χ0v) is 13.2. The third kappa shape index (κ3) is 3.26. The Bertz CT molecular complexity index is 699. The van der Waals surface area contributed by atoms with E-state index in [1.807, 2.05) is 13.2 Å². The van der Waals surface area contributed by atoms with E-state index in [4.69, 9.17) is 0 Å². The van der Waals surface area contributed by atoms with Crippen molar-refractivity contribution in [1.82, 2.24) is 15.1 Å². The molecule has 0 aliphatic carbocycles. The average Bonchev–Trinajstić information content (AvgIpc) is 2.52. The Morgan fingerprint density at radius 2 is 2.05 bits per heavy atom. The van der Waals surface area contributed by atoms with Crippen molar-refractivity contribution < 1.29 is 4.79 Å². The number of aromatic amines is 1. The fraction of sp³-hybridized carbons (Fsp3) is 0.400. The molecule has 2 aromatic rings. The molecule has 5 nitrogen and oxygen atoms in total. The van der Waals surface area contributed by atoms with Gasteiger partial charge in [-0.15, -0.1) is 0 Å². The number of aromatic nitrogens is 2. The molecule has 1 aromatic heterocycles. The lowest BCUT2D eigenvalue weighted by Crippen LogP contribution is -2.36. The molecule has 1 atom stereocenters. The van der Waals surface area contributed by atoms with Crippen LogP contribution in [0.3, 0.4) is 0 Å². The first-order chi connectivity index (χ1) is 10.1. The Morgan fingerprint density at radius 3 is 2.71 bits per heavy atom. The summed E-state index contributed by atoms with van der Waals surface area (Å²) in [6, 6.07) is 7.15. The minimum atomic E-state index is -0.278. The molecule has 1 unspecified atom stereocenters. The number of benzene rings is 1. The molecule has 112 valence electrons. The highest BCUT2D eigenvalue weighted by atomic mass is 32.2. The first-order valence-corrected chi connectivity index (χ1v) is 8.19. The van der Waals surface area contributed by atoms with Gasteiger partial charge in [-0.3, -0.25) is 9.59 Å². The van der Waals surface area contributed by atoms with Crippen LogP contribution in [0.4, 0.5) is 0 Å². The van der Waals surface area contributed by atoms with Crippen LogP contribution < -0.4 is 5.56 Å². The lowest BCUT2D eigenvalue weighted by atomic mass is 10.1. The molecule has 0 bridgehead atoms. The molecule has 1 aromatic carbocycles. The predicted molar refractivity (Wildman–Crippen MR) is 86.9 cm³/mol. The van der Waals surface area contributed by atoms with Gasteiger partial charge in [-0.05, 0) is 31.4 Å². The lowest BCUT2D eigenvalue weighted by molar-refractivity contribution is 0.0736. The fourth-order valence-electron chi connectivity index (χ4n) is 2.13. The summed E-state index contributed by atoms with van der Waals surface area (Å²) in [6.45, 7) is 2.02. The third-order valence-corrected chi connectivity index (χ3v) is 4.26. The fourth-order valence-corrected chi connectivity index (χ4v) is 2.70. The van der Waals surface area contributed by atoms with Gasteiger partial charge in [0.05, 0.1) is 5.39 Å². The van der Waals surface area contributed by atoms with Crippen LogP contribution in [0, 0.1) is 0 Å². The van der Waals surface area contributed by atoms with E-state index in [1.165, 1.54) is 0 Å². The minimum absolute atomic E-state index is 0.123. The lowest BCUT2D eigenvalue weighted by Gasteiger charge is -2.24. The van der Waals surface area contributed by atoms with Crippen molar-refractivity contribution in [3.63, 3.8) is 0 Å². The molecule has 1 N–H and O–H groups in total. The summed E-state index contributed by atoms with van der Waals surface area (Å²) in [5, 5.41) is 7.44. The number of hydrogen-bond acceptors (Lipinski definition) is 4. The quantitative estimate of drug-likeness (QED) is 0.919. The van der Waals surface area contributed by atoms with Crippen molar-refractivity contribution in [1.29, 1.82) is 0 Å². The van der Waals surface area contributed by atoms with Crippen molar-refractivity contribution in [2.75, 3.05) is 19.1 Å². The smallest absolute Gasteiger partial charge is 0.274 e. The summed E-state index contributed by atoms with van der Waals surface area (Å²) in [4.78, 5) is 26.0.